The third-order valence-corrected chi connectivity index (χ3v) is 7.47. The van der Waals surface area contributed by atoms with Crippen LogP contribution in [0.25, 0.3) is 0 Å². The SMILES string of the molecule is CS(=O)(=O)c1cccc(CN2CC3(CCC(c4ccccc4)CC3)N(N)C2=O)c1. The lowest BCUT2D eigenvalue weighted by molar-refractivity contribution is 0.113. The summed E-state index contributed by atoms with van der Waals surface area (Å²) in [6.07, 6.45) is 4.93. The van der Waals surface area contributed by atoms with Gasteiger partial charge in [0, 0.05) is 19.3 Å². The fourth-order valence-corrected chi connectivity index (χ4v) is 5.38. The van der Waals surface area contributed by atoms with Crippen LogP contribution in [0, 0.1) is 0 Å². The van der Waals surface area contributed by atoms with Crippen LogP contribution in [0.4, 0.5) is 4.79 Å². The second kappa shape index (κ2) is 7.46. The number of rotatable bonds is 4. The minimum atomic E-state index is -3.28. The Morgan fingerprint density at radius 3 is 2.41 bits per heavy atom. The van der Waals surface area contributed by atoms with Crippen molar-refractivity contribution in [2.45, 2.75) is 48.6 Å². The zero-order valence-corrected chi connectivity index (χ0v) is 17.4. The number of hydrazine groups is 1. The first kappa shape index (κ1) is 19.9. The van der Waals surface area contributed by atoms with E-state index < -0.39 is 9.84 Å². The van der Waals surface area contributed by atoms with E-state index in [1.54, 1.807) is 23.1 Å². The molecule has 154 valence electrons. The number of urea groups is 1. The first-order valence-corrected chi connectivity index (χ1v) is 11.9. The highest BCUT2D eigenvalue weighted by Gasteiger charge is 2.50. The highest BCUT2D eigenvalue weighted by Crippen LogP contribution is 2.43. The van der Waals surface area contributed by atoms with Gasteiger partial charge in [0.15, 0.2) is 9.84 Å². The molecule has 2 fully saturated rings. The first-order valence-electron chi connectivity index (χ1n) is 9.96. The molecule has 1 aliphatic heterocycles. The Morgan fingerprint density at radius 2 is 1.76 bits per heavy atom. The summed E-state index contributed by atoms with van der Waals surface area (Å²) in [5, 5.41) is 1.43. The third kappa shape index (κ3) is 3.89. The van der Waals surface area contributed by atoms with Crippen molar-refractivity contribution in [3.63, 3.8) is 0 Å². The van der Waals surface area contributed by atoms with E-state index in [-0.39, 0.29) is 16.5 Å². The molecule has 2 aliphatic rings. The molecule has 2 aromatic rings. The van der Waals surface area contributed by atoms with Crippen molar-refractivity contribution in [1.29, 1.82) is 0 Å². The molecule has 0 aromatic heterocycles. The fraction of sp³-hybridized carbons (Fsp3) is 0.409. The Kier molecular flexibility index (Phi) is 5.12. The molecule has 1 aliphatic carbocycles. The lowest BCUT2D eigenvalue weighted by Gasteiger charge is -2.40. The van der Waals surface area contributed by atoms with Gasteiger partial charge in [0.25, 0.3) is 0 Å². The van der Waals surface area contributed by atoms with Crippen LogP contribution in [0.2, 0.25) is 0 Å². The van der Waals surface area contributed by atoms with E-state index in [1.165, 1.54) is 16.8 Å². The summed E-state index contributed by atoms with van der Waals surface area (Å²) in [7, 11) is -3.28. The molecule has 29 heavy (non-hydrogen) atoms. The molecule has 2 aromatic carbocycles. The zero-order chi connectivity index (χ0) is 20.6. The van der Waals surface area contributed by atoms with Crippen molar-refractivity contribution in [3.05, 3.63) is 65.7 Å². The summed E-state index contributed by atoms with van der Waals surface area (Å²) in [6, 6.07) is 17.1. The van der Waals surface area contributed by atoms with Crippen molar-refractivity contribution in [1.82, 2.24) is 9.91 Å². The predicted molar refractivity (Wildman–Crippen MR) is 112 cm³/mol. The van der Waals surface area contributed by atoms with Gasteiger partial charge in [0.05, 0.1) is 10.4 Å². The van der Waals surface area contributed by atoms with Gasteiger partial charge in [0.1, 0.15) is 0 Å². The number of hydrogen-bond acceptors (Lipinski definition) is 4. The third-order valence-electron chi connectivity index (χ3n) is 6.36. The van der Waals surface area contributed by atoms with Crippen LogP contribution < -0.4 is 5.84 Å². The number of hydrogen-bond donors (Lipinski definition) is 1. The van der Waals surface area contributed by atoms with E-state index in [0.717, 1.165) is 31.2 Å². The topological polar surface area (TPSA) is 83.7 Å². The summed E-state index contributed by atoms with van der Waals surface area (Å²) in [4.78, 5) is 14.8. The van der Waals surface area contributed by atoms with Crippen LogP contribution in [0.15, 0.2) is 59.5 Å². The molecule has 1 saturated carbocycles. The predicted octanol–water partition coefficient (Wildman–Crippen LogP) is 3.30. The largest absolute Gasteiger partial charge is 0.335 e. The zero-order valence-electron chi connectivity index (χ0n) is 16.6. The number of sulfone groups is 1. The molecule has 1 saturated heterocycles. The van der Waals surface area contributed by atoms with Crippen LogP contribution in [0.3, 0.4) is 0 Å². The molecule has 0 atom stereocenters. The average molecular weight is 414 g/mol. The lowest BCUT2D eigenvalue weighted by atomic mass is 9.74. The number of amides is 2. The van der Waals surface area contributed by atoms with Gasteiger partial charge in [0.2, 0.25) is 0 Å². The molecule has 7 heteroatoms. The van der Waals surface area contributed by atoms with Gasteiger partial charge < -0.3 is 4.90 Å². The summed E-state index contributed by atoms with van der Waals surface area (Å²) in [6.45, 7) is 0.937. The molecule has 0 bridgehead atoms. The normalized spacial score (nSPS) is 25.0. The monoisotopic (exact) mass is 413 g/mol. The van der Waals surface area contributed by atoms with Gasteiger partial charge in [-0.1, -0.05) is 42.5 Å². The maximum Gasteiger partial charge on any atom is 0.335 e. The van der Waals surface area contributed by atoms with Gasteiger partial charge in [-0.15, -0.1) is 0 Å². The molecule has 6 nitrogen and oxygen atoms in total. The summed E-state index contributed by atoms with van der Waals surface area (Å²) < 4.78 is 23.6. The lowest BCUT2D eigenvalue weighted by Crippen LogP contribution is -2.53. The molecule has 0 unspecified atom stereocenters. The number of benzene rings is 2. The minimum Gasteiger partial charge on any atom is -0.317 e. The second-order valence-electron chi connectivity index (χ2n) is 8.34. The number of carbonyl (C=O) groups is 1. The maximum atomic E-state index is 12.8. The van der Waals surface area contributed by atoms with E-state index in [0.29, 0.717) is 19.0 Å². The highest BCUT2D eigenvalue weighted by molar-refractivity contribution is 7.90. The van der Waals surface area contributed by atoms with E-state index in [9.17, 15) is 13.2 Å². The van der Waals surface area contributed by atoms with Gasteiger partial charge >= 0.3 is 6.03 Å². The Morgan fingerprint density at radius 1 is 1.07 bits per heavy atom. The Bertz CT molecular complexity index is 999. The van der Waals surface area contributed by atoms with Crippen molar-refractivity contribution < 1.29 is 13.2 Å². The van der Waals surface area contributed by atoms with E-state index in [4.69, 9.17) is 5.84 Å². The molecular formula is C22H27N3O3S. The quantitative estimate of drug-likeness (QED) is 0.616. The second-order valence-corrected chi connectivity index (χ2v) is 10.4. The fourth-order valence-electron chi connectivity index (χ4n) is 4.69. The van der Waals surface area contributed by atoms with Crippen molar-refractivity contribution >= 4 is 15.9 Å². The Labute approximate surface area is 172 Å². The van der Waals surface area contributed by atoms with Gasteiger partial charge in [-0.05, 0) is 54.9 Å². The van der Waals surface area contributed by atoms with E-state index in [2.05, 4.69) is 24.3 Å². The molecule has 1 heterocycles. The summed E-state index contributed by atoms with van der Waals surface area (Å²) >= 11 is 0. The van der Waals surface area contributed by atoms with Crippen LogP contribution in [-0.4, -0.2) is 42.7 Å². The summed E-state index contributed by atoms with van der Waals surface area (Å²) in [5.41, 5.74) is 1.81. The van der Waals surface area contributed by atoms with Crippen molar-refractivity contribution in [2.75, 3.05) is 12.8 Å². The van der Waals surface area contributed by atoms with Crippen LogP contribution in [-0.2, 0) is 16.4 Å². The molecule has 1 spiro atoms. The number of carbonyl (C=O) groups excluding carboxylic acids is 1. The number of nitrogens with two attached hydrogens (primary N) is 1. The Balaban J connectivity index is 1.47. The maximum absolute atomic E-state index is 12.8. The molecular weight excluding hydrogens is 386 g/mol. The average Bonchev–Trinajstić information content (AvgIpc) is 2.93. The standard InChI is InChI=1S/C22H27N3O3S/c1-29(27,28)20-9-5-6-17(14-20)15-24-16-22(25(23)21(24)26)12-10-19(11-13-22)18-7-3-2-4-8-18/h2-9,14,19H,10-13,15-16,23H2,1H3. The van der Waals surface area contributed by atoms with Crippen molar-refractivity contribution in [2.24, 2.45) is 5.84 Å². The summed E-state index contributed by atoms with van der Waals surface area (Å²) in [5.74, 6) is 6.77. The Hall–Kier alpha value is -2.38. The molecule has 0 radical (unpaired) electrons. The van der Waals surface area contributed by atoms with Gasteiger partial charge in [-0.25, -0.2) is 19.1 Å². The number of nitrogens with zero attached hydrogens (tertiary/aromatic N) is 2. The highest BCUT2D eigenvalue weighted by atomic mass is 32.2. The minimum absolute atomic E-state index is 0.187. The van der Waals surface area contributed by atoms with E-state index in [1.807, 2.05) is 12.1 Å². The van der Waals surface area contributed by atoms with Gasteiger partial charge in [-0.2, -0.15) is 0 Å². The molecule has 2 N–H and O–H groups in total. The van der Waals surface area contributed by atoms with Crippen LogP contribution >= 0.6 is 0 Å². The molecule has 2 amide bonds. The van der Waals surface area contributed by atoms with Crippen LogP contribution in [0.1, 0.15) is 42.7 Å². The van der Waals surface area contributed by atoms with Crippen molar-refractivity contribution in [3.8, 4) is 0 Å². The smallest absolute Gasteiger partial charge is 0.317 e. The van der Waals surface area contributed by atoms with Gasteiger partial charge in [-0.3, -0.25) is 5.01 Å². The van der Waals surface area contributed by atoms with E-state index >= 15 is 0 Å². The first-order chi connectivity index (χ1) is 13.8. The molecule has 4 rings (SSSR count). The van der Waals surface area contributed by atoms with Crippen LogP contribution in [0.5, 0.6) is 0 Å².